The monoisotopic (exact) mass is 678 g/mol. The number of hydrogen-bond acceptors (Lipinski definition) is 5. The first-order chi connectivity index (χ1) is 24.7. The number of fused-ring (bicyclic) bond motifs is 11. The van der Waals surface area contributed by atoms with Crippen molar-refractivity contribution in [2.75, 3.05) is 4.90 Å². The van der Waals surface area contributed by atoms with Crippen molar-refractivity contribution in [2.45, 2.75) is 18.2 Å². The van der Waals surface area contributed by atoms with Crippen LogP contribution in [0.1, 0.15) is 28.8 Å². The molecule has 3 aliphatic rings. The zero-order valence-electron chi connectivity index (χ0n) is 26.9. The summed E-state index contributed by atoms with van der Waals surface area (Å²) in [4.78, 5) is 2.44. The van der Waals surface area contributed by atoms with Crippen molar-refractivity contribution in [3.8, 4) is 0 Å². The van der Waals surface area contributed by atoms with Gasteiger partial charge in [0.05, 0.1) is 0 Å². The van der Waals surface area contributed by atoms with E-state index in [-0.39, 0.29) is 18.2 Å². The van der Waals surface area contributed by atoms with Crippen LogP contribution in [0.25, 0.3) is 46.4 Å². The minimum atomic E-state index is -0.172. The standard InChI is InChI=1S/C45H30N2OS2/c1-2-8-29(9-3-1)45-46-38-22-17-28-15-14-27-16-18-30(24-36(27)43(28)44(38)48-45)47(31-20-23-41-37(25-31)34-11-5-7-13-40(34)49-41)32-19-21-35-33-10-4-6-12-39(33)50-42(35)26-32/h1-26,43-46H. The Hall–Kier alpha value is -5.46. The van der Waals surface area contributed by atoms with Crippen molar-refractivity contribution in [2.24, 2.45) is 0 Å². The maximum absolute atomic E-state index is 6.84. The van der Waals surface area contributed by atoms with Crippen molar-refractivity contribution >= 4 is 86.2 Å². The molecule has 50 heavy (non-hydrogen) atoms. The SMILES string of the molecule is C1=Cc2ccc(N(c3ccc4c(c3)sc3ccccc34)c3ccc4sc5ccccc5c4c3)cc2C2C1=CC=C1NC(c3ccccc3)OC12. The largest absolute Gasteiger partial charge is 0.358 e. The Kier molecular flexibility index (Phi) is 6.26. The summed E-state index contributed by atoms with van der Waals surface area (Å²) in [5, 5.41) is 8.90. The minimum absolute atomic E-state index is 0.0870. The third-order valence-electron chi connectivity index (χ3n) is 10.5. The smallest absolute Gasteiger partial charge is 0.154 e. The van der Waals surface area contributed by atoms with E-state index in [2.05, 4.69) is 168 Å². The van der Waals surface area contributed by atoms with E-state index in [1.807, 2.05) is 22.7 Å². The molecule has 2 aliphatic carbocycles. The predicted octanol–water partition coefficient (Wildman–Crippen LogP) is 12.5. The molecule has 3 heterocycles. The van der Waals surface area contributed by atoms with Crippen LogP contribution in [0, 0.1) is 0 Å². The summed E-state index contributed by atoms with van der Waals surface area (Å²) in [5.74, 6) is 0.0892. The summed E-state index contributed by atoms with van der Waals surface area (Å²) in [7, 11) is 0. The summed E-state index contributed by atoms with van der Waals surface area (Å²) >= 11 is 3.73. The molecule has 1 aliphatic heterocycles. The highest BCUT2D eigenvalue weighted by molar-refractivity contribution is 7.26. The highest BCUT2D eigenvalue weighted by atomic mass is 32.1. The molecule has 1 saturated heterocycles. The average molecular weight is 679 g/mol. The number of anilines is 3. The van der Waals surface area contributed by atoms with Crippen LogP contribution in [-0.2, 0) is 4.74 Å². The number of ether oxygens (including phenoxy) is 1. The predicted molar refractivity (Wildman–Crippen MR) is 212 cm³/mol. The second kappa shape index (κ2) is 11.0. The molecule has 3 atom stereocenters. The molecule has 6 aromatic carbocycles. The first kappa shape index (κ1) is 28.4. The van der Waals surface area contributed by atoms with Crippen LogP contribution >= 0.6 is 22.7 Å². The van der Waals surface area contributed by atoms with Crippen LogP contribution < -0.4 is 10.2 Å². The third kappa shape index (κ3) is 4.37. The molecule has 0 bridgehead atoms. The van der Waals surface area contributed by atoms with E-state index in [0.29, 0.717) is 0 Å². The highest BCUT2D eigenvalue weighted by Gasteiger charge is 2.41. The molecule has 1 N–H and O–H groups in total. The van der Waals surface area contributed by atoms with Crippen molar-refractivity contribution in [1.82, 2.24) is 5.32 Å². The molecular formula is C45H30N2OS2. The molecule has 0 amide bonds. The Morgan fingerprint density at radius 3 is 2.06 bits per heavy atom. The fraction of sp³-hybridized carbons (Fsp3) is 0.0667. The van der Waals surface area contributed by atoms with E-state index in [1.54, 1.807) is 0 Å². The van der Waals surface area contributed by atoms with Gasteiger partial charge in [-0.2, -0.15) is 0 Å². The number of allylic oxidation sites excluding steroid dienone is 3. The quantitative estimate of drug-likeness (QED) is 0.200. The summed E-state index contributed by atoms with van der Waals surface area (Å²) in [6, 6.07) is 48.8. The van der Waals surface area contributed by atoms with E-state index >= 15 is 0 Å². The zero-order chi connectivity index (χ0) is 32.8. The van der Waals surface area contributed by atoms with Crippen LogP contribution in [0.3, 0.4) is 0 Å². The fourth-order valence-corrected chi connectivity index (χ4v) is 10.3. The molecule has 238 valence electrons. The normalized spacial score (nSPS) is 19.2. The molecule has 3 nitrogen and oxygen atoms in total. The average Bonchev–Trinajstić information content (AvgIpc) is 3.88. The first-order valence-corrected chi connectivity index (χ1v) is 18.7. The zero-order valence-corrected chi connectivity index (χ0v) is 28.5. The van der Waals surface area contributed by atoms with Gasteiger partial charge >= 0.3 is 0 Å². The van der Waals surface area contributed by atoms with Crippen LogP contribution in [0.15, 0.2) is 163 Å². The van der Waals surface area contributed by atoms with E-state index in [0.717, 1.165) is 28.3 Å². The maximum Gasteiger partial charge on any atom is 0.154 e. The molecule has 8 aromatic rings. The molecule has 0 saturated carbocycles. The summed E-state index contributed by atoms with van der Waals surface area (Å²) in [6.45, 7) is 0. The number of thiophene rings is 2. The first-order valence-electron chi connectivity index (χ1n) is 17.1. The van der Waals surface area contributed by atoms with Crippen LogP contribution in [0.4, 0.5) is 17.1 Å². The number of nitrogens with zero attached hydrogens (tertiary/aromatic N) is 1. The van der Waals surface area contributed by atoms with Gasteiger partial charge in [0.1, 0.15) is 6.10 Å². The van der Waals surface area contributed by atoms with Crippen molar-refractivity contribution in [3.63, 3.8) is 0 Å². The van der Waals surface area contributed by atoms with Gasteiger partial charge in [0.15, 0.2) is 6.23 Å². The lowest BCUT2D eigenvalue weighted by Gasteiger charge is -2.33. The summed E-state index contributed by atoms with van der Waals surface area (Å²) in [5.41, 5.74) is 9.53. The van der Waals surface area contributed by atoms with Gasteiger partial charge in [0.25, 0.3) is 0 Å². The Bertz CT molecular complexity index is 2750. The lowest BCUT2D eigenvalue weighted by atomic mass is 9.76. The molecular weight excluding hydrogens is 649 g/mol. The Morgan fingerprint density at radius 2 is 1.20 bits per heavy atom. The second-order valence-electron chi connectivity index (χ2n) is 13.3. The number of hydrogen-bond donors (Lipinski definition) is 1. The minimum Gasteiger partial charge on any atom is -0.358 e. The van der Waals surface area contributed by atoms with Crippen LogP contribution in [-0.4, -0.2) is 6.10 Å². The molecule has 0 radical (unpaired) electrons. The maximum atomic E-state index is 6.84. The lowest BCUT2D eigenvalue weighted by molar-refractivity contribution is 0.0356. The summed E-state index contributed by atoms with van der Waals surface area (Å²) < 4.78 is 12.1. The van der Waals surface area contributed by atoms with Gasteiger partial charge < -0.3 is 15.0 Å². The van der Waals surface area contributed by atoms with Crippen molar-refractivity contribution in [1.29, 1.82) is 0 Å². The topological polar surface area (TPSA) is 24.5 Å². The van der Waals surface area contributed by atoms with Gasteiger partial charge in [-0.15, -0.1) is 22.7 Å². The van der Waals surface area contributed by atoms with Gasteiger partial charge in [0.2, 0.25) is 0 Å². The van der Waals surface area contributed by atoms with Gasteiger partial charge in [-0.3, -0.25) is 0 Å². The Labute approximate surface area is 297 Å². The molecule has 11 rings (SSSR count). The molecule has 2 aromatic heterocycles. The Balaban J connectivity index is 1.07. The molecule has 0 spiro atoms. The number of nitrogens with one attached hydrogen (secondary N) is 1. The van der Waals surface area contributed by atoms with E-state index in [9.17, 15) is 0 Å². The molecule has 5 heteroatoms. The molecule has 1 fully saturated rings. The third-order valence-corrected chi connectivity index (χ3v) is 12.7. The van der Waals surface area contributed by atoms with Gasteiger partial charge in [-0.1, -0.05) is 97.1 Å². The van der Waals surface area contributed by atoms with Crippen LogP contribution in [0.5, 0.6) is 0 Å². The van der Waals surface area contributed by atoms with Crippen LogP contribution in [0.2, 0.25) is 0 Å². The summed E-state index contributed by atoms with van der Waals surface area (Å²) in [6.07, 6.45) is 8.72. The van der Waals surface area contributed by atoms with Gasteiger partial charge in [-0.05, 0) is 77.4 Å². The second-order valence-corrected chi connectivity index (χ2v) is 15.5. The van der Waals surface area contributed by atoms with E-state index in [1.165, 1.54) is 57.0 Å². The highest BCUT2D eigenvalue weighted by Crippen LogP contribution is 2.49. The fourth-order valence-electron chi connectivity index (χ4n) is 8.11. The van der Waals surface area contributed by atoms with Crippen molar-refractivity contribution in [3.05, 3.63) is 180 Å². The number of rotatable bonds is 4. The lowest BCUT2D eigenvalue weighted by Crippen LogP contribution is -2.27. The van der Waals surface area contributed by atoms with E-state index in [4.69, 9.17) is 4.74 Å². The number of benzene rings is 6. The molecule has 3 unspecified atom stereocenters. The van der Waals surface area contributed by atoms with Gasteiger partial charge in [0, 0.05) is 74.6 Å². The van der Waals surface area contributed by atoms with E-state index < -0.39 is 0 Å². The van der Waals surface area contributed by atoms with Crippen molar-refractivity contribution < 1.29 is 4.74 Å². The van der Waals surface area contributed by atoms with Gasteiger partial charge in [-0.25, -0.2) is 0 Å². The Morgan fingerprint density at radius 1 is 0.540 bits per heavy atom.